The third kappa shape index (κ3) is 2.20. The number of aliphatic hydroxyl groups excluding tert-OH is 1. The van der Waals surface area contributed by atoms with Crippen LogP contribution >= 0.6 is 0 Å². The van der Waals surface area contributed by atoms with Crippen molar-refractivity contribution in [2.75, 3.05) is 20.3 Å². The number of hydrogen-bond acceptors (Lipinski definition) is 4. The number of nitrogens with zero attached hydrogens (tertiary/aromatic N) is 1. The summed E-state index contributed by atoms with van der Waals surface area (Å²) in [6.45, 7) is 1.24. The second kappa shape index (κ2) is 5.48. The quantitative estimate of drug-likeness (QED) is 0.933. The van der Waals surface area contributed by atoms with E-state index in [1.54, 1.807) is 19.5 Å². The lowest BCUT2D eigenvalue weighted by Crippen LogP contribution is -2.43. The standard InChI is InChI=1S/C16H19NO3/c1-19-16(6-9-20-10-7-16)15(18)13-4-2-3-12-5-8-17-11-14(12)13/h2-5,8,11,15,18H,6-7,9-10H2,1H3. The summed E-state index contributed by atoms with van der Waals surface area (Å²) in [6, 6.07) is 7.89. The van der Waals surface area contributed by atoms with E-state index in [2.05, 4.69) is 4.98 Å². The first-order valence-electron chi connectivity index (χ1n) is 6.90. The normalized spacial score (nSPS) is 19.9. The predicted molar refractivity (Wildman–Crippen MR) is 76.5 cm³/mol. The van der Waals surface area contributed by atoms with Crippen LogP contribution in [0.25, 0.3) is 10.8 Å². The molecule has 1 aliphatic heterocycles. The monoisotopic (exact) mass is 273 g/mol. The zero-order chi connectivity index (χ0) is 14.0. The highest BCUT2D eigenvalue weighted by Crippen LogP contribution is 2.39. The Balaban J connectivity index is 2.05. The highest BCUT2D eigenvalue weighted by molar-refractivity contribution is 5.85. The Morgan fingerprint density at radius 1 is 1.30 bits per heavy atom. The van der Waals surface area contributed by atoms with Crippen molar-refractivity contribution >= 4 is 10.8 Å². The van der Waals surface area contributed by atoms with Crippen LogP contribution < -0.4 is 0 Å². The smallest absolute Gasteiger partial charge is 0.109 e. The molecular weight excluding hydrogens is 254 g/mol. The van der Waals surface area contributed by atoms with Gasteiger partial charge < -0.3 is 14.6 Å². The maximum absolute atomic E-state index is 10.9. The zero-order valence-corrected chi connectivity index (χ0v) is 11.6. The number of aliphatic hydroxyl groups is 1. The molecule has 1 aliphatic rings. The number of methoxy groups -OCH3 is 1. The van der Waals surface area contributed by atoms with Gasteiger partial charge in [-0.25, -0.2) is 0 Å². The Hall–Kier alpha value is -1.49. The first-order valence-corrected chi connectivity index (χ1v) is 6.90. The molecule has 1 unspecified atom stereocenters. The van der Waals surface area contributed by atoms with Crippen LogP contribution in [0.5, 0.6) is 0 Å². The topological polar surface area (TPSA) is 51.6 Å². The van der Waals surface area contributed by atoms with Crippen molar-refractivity contribution in [3.8, 4) is 0 Å². The summed E-state index contributed by atoms with van der Waals surface area (Å²) in [6.07, 6.45) is 4.28. The largest absolute Gasteiger partial charge is 0.385 e. The molecule has 0 bridgehead atoms. The van der Waals surface area contributed by atoms with Crippen LogP contribution in [0.3, 0.4) is 0 Å². The van der Waals surface area contributed by atoms with E-state index in [1.165, 1.54) is 0 Å². The van der Waals surface area contributed by atoms with Gasteiger partial charge in [-0.05, 0) is 17.0 Å². The van der Waals surface area contributed by atoms with Gasteiger partial charge >= 0.3 is 0 Å². The molecule has 2 aromatic rings. The van der Waals surface area contributed by atoms with Crippen molar-refractivity contribution < 1.29 is 14.6 Å². The Kier molecular flexibility index (Phi) is 3.70. The molecule has 1 saturated heterocycles. The summed E-state index contributed by atoms with van der Waals surface area (Å²) in [5, 5.41) is 12.9. The van der Waals surface area contributed by atoms with Crippen molar-refractivity contribution in [2.24, 2.45) is 0 Å². The fourth-order valence-electron chi connectivity index (χ4n) is 2.96. The van der Waals surface area contributed by atoms with Crippen LogP contribution in [-0.4, -0.2) is 36.0 Å². The van der Waals surface area contributed by atoms with Crippen molar-refractivity contribution in [1.82, 2.24) is 4.98 Å². The summed E-state index contributed by atoms with van der Waals surface area (Å²) < 4.78 is 11.1. The van der Waals surface area contributed by atoms with E-state index in [0.29, 0.717) is 26.1 Å². The Morgan fingerprint density at radius 3 is 2.85 bits per heavy atom. The van der Waals surface area contributed by atoms with Crippen molar-refractivity contribution in [3.63, 3.8) is 0 Å². The van der Waals surface area contributed by atoms with Gasteiger partial charge in [-0.3, -0.25) is 4.98 Å². The van der Waals surface area contributed by atoms with Gasteiger partial charge in [0.05, 0.1) is 0 Å². The van der Waals surface area contributed by atoms with E-state index < -0.39 is 11.7 Å². The first kappa shape index (κ1) is 13.5. The molecule has 1 aromatic heterocycles. The van der Waals surface area contributed by atoms with Gasteiger partial charge in [0.2, 0.25) is 0 Å². The lowest BCUT2D eigenvalue weighted by atomic mass is 9.83. The fraction of sp³-hybridized carbons (Fsp3) is 0.438. The van der Waals surface area contributed by atoms with Crippen LogP contribution in [-0.2, 0) is 9.47 Å². The molecule has 1 fully saturated rings. The van der Waals surface area contributed by atoms with Crippen molar-refractivity contribution in [2.45, 2.75) is 24.5 Å². The average molecular weight is 273 g/mol. The van der Waals surface area contributed by atoms with Crippen LogP contribution in [0.15, 0.2) is 36.7 Å². The van der Waals surface area contributed by atoms with E-state index in [1.807, 2.05) is 24.3 Å². The maximum Gasteiger partial charge on any atom is 0.109 e. The van der Waals surface area contributed by atoms with Gasteiger partial charge in [0.15, 0.2) is 0 Å². The molecule has 0 spiro atoms. The molecule has 0 aliphatic carbocycles. The lowest BCUT2D eigenvalue weighted by molar-refractivity contribution is -0.154. The second-order valence-electron chi connectivity index (χ2n) is 5.23. The van der Waals surface area contributed by atoms with Gasteiger partial charge in [0.25, 0.3) is 0 Å². The summed E-state index contributed by atoms with van der Waals surface area (Å²) in [5.41, 5.74) is 0.307. The third-order valence-corrected chi connectivity index (χ3v) is 4.26. The van der Waals surface area contributed by atoms with Gasteiger partial charge in [-0.2, -0.15) is 0 Å². The van der Waals surface area contributed by atoms with E-state index in [-0.39, 0.29) is 0 Å². The summed E-state index contributed by atoms with van der Waals surface area (Å²) >= 11 is 0. The Morgan fingerprint density at radius 2 is 2.10 bits per heavy atom. The number of ether oxygens (including phenoxy) is 2. The van der Waals surface area contributed by atoms with Gasteiger partial charge in [-0.1, -0.05) is 18.2 Å². The molecule has 20 heavy (non-hydrogen) atoms. The molecule has 1 atom stereocenters. The molecule has 4 heteroatoms. The number of fused-ring (bicyclic) bond motifs is 1. The third-order valence-electron chi connectivity index (χ3n) is 4.26. The molecule has 0 radical (unpaired) electrons. The number of rotatable bonds is 3. The predicted octanol–water partition coefficient (Wildman–Crippen LogP) is 2.46. The highest BCUT2D eigenvalue weighted by atomic mass is 16.5. The SMILES string of the molecule is COC1(C(O)c2cccc3ccncc23)CCOCC1. The van der Waals surface area contributed by atoms with Gasteiger partial charge in [-0.15, -0.1) is 0 Å². The molecule has 3 rings (SSSR count). The second-order valence-corrected chi connectivity index (χ2v) is 5.23. The summed E-state index contributed by atoms with van der Waals surface area (Å²) in [5.74, 6) is 0. The minimum atomic E-state index is -0.677. The maximum atomic E-state index is 10.9. The van der Waals surface area contributed by atoms with E-state index in [9.17, 15) is 5.11 Å². The molecule has 106 valence electrons. The van der Waals surface area contributed by atoms with Crippen LogP contribution in [0.4, 0.5) is 0 Å². The Labute approximate surface area is 118 Å². The molecule has 1 aromatic carbocycles. The van der Waals surface area contributed by atoms with Gasteiger partial charge in [0.1, 0.15) is 11.7 Å². The van der Waals surface area contributed by atoms with Crippen LogP contribution in [0.2, 0.25) is 0 Å². The molecular formula is C16H19NO3. The minimum absolute atomic E-state index is 0.567. The fourth-order valence-corrected chi connectivity index (χ4v) is 2.96. The van der Waals surface area contributed by atoms with Crippen molar-refractivity contribution in [1.29, 1.82) is 0 Å². The number of pyridine rings is 1. The van der Waals surface area contributed by atoms with Crippen LogP contribution in [0.1, 0.15) is 24.5 Å². The van der Waals surface area contributed by atoms with Gasteiger partial charge in [0, 0.05) is 50.9 Å². The zero-order valence-electron chi connectivity index (χ0n) is 11.6. The highest BCUT2D eigenvalue weighted by Gasteiger charge is 2.41. The molecule has 2 heterocycles. The summed E-state index contributed by atoms with van der Waals surface area (Å²) in [7, 11) is 1.66. The molecule has 4 nitrogen and oxygen atoms in total. The average Bonchev–Trinajstić information content (AvgIpc) is 2.54. The first-order chi connectivity index (χ1) is 9.77. The number of benzene rings is 1. The molecule has 0 saturated carbocycles. The Bertz CT molecular complexity index is 588. The molecule has 0 amide bonds. The molecule has 1 N–H and O–H groups in total. The van der Waals surface area contributed by atoms with Crippen molar-refractivity contribution in [3.05, 3.63) is 42.2 Å². The lowest BCUT2D eigenvalue weighted by Gasteiger charge is -2.40. The van der Waals surface area contributed by atoms with E-state index in [0.717, 1.165) is 16.3 Å². The number of hydrogen-bond donors (Lipinski definition) is 1. The van der Waals surface area contributed by atoms with E-state index in [4.69, 9.17) is 9.47 Å². The minimum Gasteiger partial charge on any atom is -0.385 e. The van der Waals surface area contributed by atoms with E-state index >= 15 is 0 Å². The number of aromatic nitrogens is 1. The van der Waals surface area contributed by atoms with Crippen LogP contribution in [0, 0.1) is 0 Å². The summed E-state index contributed by atoms with van der Waals surface area (Å²) in [4.78, 5) is 4.17.